The van der Waals surface area contributed by atoms with E-state index >= 15 is 0 Å². The number of ether oxygens (including phenoxy) is 1. The maximum atomic E-state index is 13.4. The molecule has 0 aliphatic heterocycles. The Morgan fingerprint density at radius 2 is 1.64 bits per heavy atom. The van der Waals surface area contributed by atoms with Crippen molar-refractivity contribution in [1.29, 1.82) is 0 Å². The third kappa shape index (κ3) is 4.85. The van der Waals surface area contributed by atoms with Crippen molar-refractivity contribution < 1.29 is 26.3 Å². The van der Waals surface area contributed by atoms with E-state index in [1.54, 1.807) is 55.5 Å². The van der Waals surface area contributed by atoms with Crippen LogP contribution in [0.5, 0.6) is 11.5 Å². The standard InChI is InChI=1S/C25H20F3NO3S/c1-2-15-33(30,31)20-11-9-18(10-12-20)32-19-6-3-5-17(16-19)21-13-14-29-24-22(21)7-4-8-23(24)25(26,27)28/h3-14,16H,2,15H2,1H3. The van der Waals surface area contributed by atoms with Crippen LogP contribution in [-0.2, 0) is 16.0 Å². The molecular formula is C25H20F3NO3S. The minimum atomic E-state index is -4.51. The molecule has 4 nitrogen and oxygen atoms in total. The van der Waals surface area contributed by atoms with Gasteiger partial charge in [0.1, 0.15) is 11.5 Å². The van der Waals surface area contributed by atoms with E-state index < -0.39 is 21.6 Å². The van der Waals surface area contributed by atoms with Crippen LogP contribution in [0.25, 0.3) is 22.0 Å². The minimum absolute atomic E-state index is 0.0746. The number of para-hydroxylation sites is 1. The molecule has 0 N–H and O–H groups in total. The van der Waals surface area contributed by atoms with Crippen LogP contribution in [0.2, 0.25) is 0 Å². The molecule has 4 aromatic rings. The number of rotatable bonds is 6. The van der Waals surface area contributed by atoms with Crippen molar-refractivity contribution in [2.45, 2.75) is 24.4 Å². The van der Waals surface area contributed by atoms with Crippen molar-refractivity contribution in [3.63, 3.8) is 0 Å². The van der Waals surface area contributed by atoms with Crippen LogP contribution in [0.3, 0.4) is 0 Å². The van der Waals surface area contributed by atoms with Crippen molar-refractivity contribution in [3.8, 4) is 22.6 Å². The average molecular weight is 472 g/mol. The minimum Gasteiger partial charge on any atom is -0.457 e. The molecule has 0 atom stereocenters. The molecular weight excluding hydrogens is 451 g/mol. The number of nitrogens with zero attached hydrogens (tertiary/aromatic N) is 1. The number of halogens is 3. The first kappa shape index (κ1) is 22.8. The first-order chi connectivity index (χ1) is 15.7. The van der Waals surface area contributed by atoms with Crippen molar-refractivity contribution in [2.24, 2.45) is 0 Å². The number of pyridine rings is 1. The van der Waals surface area contributed by atoms with Crippen LogP contribution in [0.4, 0.5) is 13.2 Å². The average Bonchev–Trinajstić information content (AvgIpc) is 2.78. The van der Waals surface area contributed by atoms with Crippen LogP contribution < -0.4 is 4.74 Å². The van der Waals surface area contributed by atoms with Crippen molar-refractivity contribution >= 4 is 20.7 Å². The third-order valence-corrected chi connectivity index (χ3v) is 7.05. The van der Waals surface area contributed by atoms with Crippen LogP contribution in [0, 0.1) is 0 Å². The summed E-state index contributed by atoms with van der Waals surface area (Å²) in [5.74, 6) is 0.987. The number of alkyl halides is 3. The number of hydrogen-bond acceptors (Lipinski definition) is 4. The number of hydrogen-bond donors (Lipinski definition) is 0. The highest BCUT2D eigenvalue weighted by Crippen LogP contribution is 2.37. The number of aromatic nitrogens is 1. The molecule has 0 amide bonds. The van der Waals surface area contributed by atoms with Gasteiger partial charge in [-0.05, 0) is 66.1 Å². The molecule has 33 heavy (non-hydrogen) atoms. The lowest BCUT2D eigenvalue weighted by molar-refractivity contribution is -0.136. The Balaban J connectivity index is 1.66. The molecule has 0 saturated heterocycles. The second-order valence-electron chi connectivity index (χ2n) is 7.48. The Morgan fingerprint density at radius 1 is 0.909 bits per heavy atom. The van der Waals surface area contributed by atoms with Crippen LogP contribution in [-0.4, -0.2) is 19.2 Å². The smallest absolute Gasteiger partial charge is 0.418 e. The van der Waals surface area contributed by atoms with E-state index in [2.05, 4.69) is 4.98 Å². The molecule has 3 aromatic carbocycles. The molecule has 170 valence electrons. The second-order valence-corrected chi connectivity index (χ2v) is 9.59. The maximum Gasteiger partial charge on any atom is 0.418 e. The normalized spacial score (nSPS) is 12.1. The number of fused-ring (bicyclic) bond motifs is 1. The Kier molecular flexibility index (Phi) is 6.12. The SMILES string of the molecule is CCCS(=O)(=O)c1ccc(Oc2cccc(-c3ccnc4c(C(F)(F)F)cccc34)c2)cc1. The summed E-state index contributed by atoms with van der Waals surface area (Å²) in [6.07, 6.45) is -2.62. The lowest BCUT2D eigenvalue weighted by Gasteiger charge is -2.13. The quantitative estimate of drug-likeness (QED) is 0.307. The summed E-state index contributed by atoms with van der Waals surface area (Å²) in [6, 6.07) is 18.8. The van der Waals surface area contributed by atoms with E-state index in [9.17, 15) is 21.6 Å². The van der Waals surface area contributed by atoms with Gasteiger partial charge >= 0.3 is 6.18 Å². The van der Waals surface area contributed by atoms with Crippen molar-refractivity contribution in [3.05, 3.63) is 84.6 Å². The molecule has 0 aliphatic carbocycles. The molecule has 0 bridgehead atoms. The summed E-state index contributed by atoms with van der Waals surface area (Å²) in [7, 11) is -3.32. The lowest BCUT2D eigenvalue weighted by Crippen LogP contribution is -2.06. The van der Waals surface area contributed by atoms with Gasteiger partial charge in [0.05, 0.1) is 21.7 Å². The van der Waals surface area contributed by atoms with Gasteiger partial charge in [-0.15, -0.1) is 0 Å². The third-order valence-electron chi connectivity index (χ3n) is 5.11. The molecule has 0 unspecified atom stereocenters. The second kappa shape index (κ2) is 8.86. The van der Waals surface area contributed by atoms with E-state index in [1.165, 1.54) is 24.4 Å². The van der Waals surface area contributed by atoms with Gasteiger partial charge in [0.2, 0.25) is 0 Å². The van der Waals surface area contributed by atoms with Crippen molar-refractivity contribution in [2.75, 3.05) is 5.75 Å². The first-order valence-corrected chi connectivity index (χ1v) is 11.9. The molecule has 4 rings (SSSR count). The highest BCUT2D eigenvalue weighted by atomic mass is 32.2. The summed E-state index contributed by atoms with van der Waals surface area (Å²) < 4.78 is 70.4. The topological polar surface area (TPSA) is 56.3 Å². The molecule has 8 heteroatoms. The molecule has 0 fully saturated rings. The predicted octanol–water partition coefficient (Wildman–Crippen LogP) is 6.90. The fourth-order valence-corrected chi connectivity index (χ4v) is 4.95. The fourth-order valence-electron chi connectivity index (χ4n) is 3.62. The Morgan fingerprint density at radius 3 is 2.33 bits per heavy atom. The zero-order valence-corrected chi connectivity index (χ0v) is 18.5. The molecule has 0 spiro atoms. The predicted molar refractivity (Wildman–Crippen MR) is 121 cm³/mol. The van der Waals surface area contributed by atoms with Crippen LogP contribution >= 0.6 is 0 Å². The van der Waals surface area contributed by atoms with E-state index in [0.717, 1.165) is 6.07 Å². The van der Waals surface area contributed by atoms with Crippen molar-refractivity contribution in [1.82, 2.24) is 4.98 Å². The summed E-state index contributed by atoms with van der Waals surface area (Å²) in [6.45, 7) is 1.80. The van der Waals surface area contributed by atoms with Crippen LogP contribution in [0.15, 0.2) is 83.9 Å². The monoisotopic (exact) mass is 471 g/mol. The van der Waals surface area contributed by atoms with Gasteiger partial charge in [0.25, 0.3) is 0 Å². The summed E-state index contributed by atoms with van der Waals surface area (Å²) >= 11 is 0. The highest BCUT2D eigenvalue weighted by molar-refractivity contribution is 7.91. The van der Waals surface area contributed by atoms with E-state index in [-0.39, 0.29) is 16.2 Å². The first-order valence-electron chi connectivity index (χ1n) is 10.2. The van der Waals surface area contributed by atoms with E-state index in [0.29, 0.717) is 34.4 Å². The van der Waals surface area contributed by atoms with Gasteiger partial charge in [-0.3, -0.25) is 4.98 Å². The lowest BCUT2D eigenvalue weighted by atomic mass is 9.99. The van der Waals surface area contributed by atoms with E-state index in [4.69, 9.17) is 4.74 Å². The summed E-state index contributed by atoms with van der Waals surface area (Å²) in [4.78, 5) is 4.20. The Hall–Kier alpha value is -3.39. The molecule has 1 aromatic heterocycles. The maximum absolute atomic E-state index is 13.4. The van der Waals surface area contributed by atoms with Gasteiger partial charge in [0, 0.05) is 11.6 Å². The molecule has 0 saturated carbocycles. The molecule has 0 aliphatic rings. The van der Waals surface area contributed by atoms with Gasteiger partial charge in [-0.25, -0.2) is 8.42 Å². The molecule has 1 heterocycles. The largest absolute Gasteiger partial charge is 0.457 e. The van der Waals surface area contributed by atoms with Crippen LogP contribution in [0.1, 0.15) is 18.9 Å². The number of benzene rings is 3. The van der Waals surface area contributed by atoms with Gasteiger partial charge in [-0.1, -0.05) is 31.2 Å². The van der Waals surface area contributed by atoms with E-state index in [1.807, 2.05) is 0 Å². The van der Waals surface area contributed by atoms with Gasteiger partial charge < -0.3 is 4.74 Å². The zero-order chi connectivity index (χ0) is 23.6. The Labute approximate surface area is 189 Å². The Bertz CT molecular complexity index is 1400. The summed E-state index contributed by atoms with van der Waals surface area (Å²) in [5, 5.41) is 0.384. The molecule has 0 radical (unpaired) electrons. The summed E-state index contributed by atoms with van der Waals surface area (Å²) in [5.41, 5.74) is 0.365. The van der Waals surface area contributed by atoms with Gasteiger partial charge in [-0.2, -0.15) is 13.2 Å². The fraction of sp³-hybridized carbons (Fsp3) is 0.160. The zero-order valence-electron chi connectivity index (χ0n) is 17.6. The number of sulfone groups is 1. The van der Waals surface area contributed by atoms with Gasteiger partial charge in [0.15, 0.2) is 9.84 Å². The highest BCUT2D eigenvalue weighted by Gasteiger charge is 2.33.